The van der Waals surface area contributed by atoms with E-state index in [9.17, 15) is 9.90 Å². The van der Waals surface area contributed by atoms with E-state index in [0.29, 0.717) is 18.9 Å². The molecule has 0 saturated heterocycles. The molecule has 0 heterocycles. The van der Waals surface area contributed by atoms with Crippen LogP contribution in [-0.4, -0.2) is 17.7 Å². The number of carboxylic acid groups (broad SMARTS) is 1. The zero-order valence-corrected chi connectivity index (χ0v) is 15.7. The molecule has 0 radical (unpaired) electrons. The molecule has 1 N–H and O–H groups in total. The van der Waals surface area contributed by atoms with Crippen LogP contribution in [0.15, 0.2) is 24.3 Å². The fraction of sp³-hybridized carbons (Fsp3) is 0.562. The lowest BCUT2D eigenvalue weighted by Gasteiger charge is -2.27. The average molecular weight is 422 g/mol. The van der Waals surface area contributed by atoms with Gasteiger partial charge in [-0.3, -0.25) is 4.79 Å². The van der Waals surface area contributed by atoms with Crippen LogP contribution in [0.1, 0.15) is 44.2 Å². The summed E-state index contributed by atoms with van der Waals surface area (Å²) in [6.45, 7) is 6.68. The summed E-state index contributed by atoms with van der Waals surface area (Å²) in [5.41, 5.74) is 1.17. The third-order valence-electron chi connectivity index (χ3n) is 4.00. The van der Waals surface area contributed by atoms with Crippen LogP contribution in [0.2, 0.25) is 0 Å². The molecule has 0 aliphatic carbocycles. The van der Waals surface area contributed by atoms with Gasteiger partial charge in [0.1, 0.15) is 0 Å². The minimum atomic E-state index is -0.820. The SMILES string of the molecule is Cc1cccc(C(C)(CCC(C)CCOSI)C(=O)O)c1. The average Bonchev–Trinajstić information content (AvgIpc) is 2.44. The van der Waals surface area contributed by atoms with Gasteiger partial charge >= 0.3 is 5.97 Å². The van der Waals surface area contributed by atoms with Gasteiger partial charge in [-0.2, -0.15) is 0 Å². The van der Waals surface area contributed by atoms with Crippen molar-refractivity contribution in [2.75, 3.05) is 6.61 Å². The second-order valence-corrected chi connectivity index (χ2v) is 7.26. The maximum atomic E-state index is 11.8. The van der Waals surface area contributed by atoms with Gasteiger partial charge in [-0.25, -0.2) is 0 Å². The molecule has 2 atom stereocenters. The zero-order valence-electron chi connectivity index (χ0n) is 12.8. The van der Waals surface area contributed by atoms with Crippen LogP contribution in [0, 0.1) is 12.8 Å². The fourth-order valence-corrected chi connectivity index (χ4v) is 3.02. The van der Waals surface area contributed by atoms with Crippen LogP contribution in [0.5, 0.6) is 0 Å². The summed E-state index contributed by atoms with van der Waals surface area (Å²) in [5.74, 6) is -0.295. The highest BCUT2D eigenvalue weighted by atomic mass is 127. The van der Waals surface area contributed by atoms with Crippen LogP contribution in [0.4, 0.5) is 0 Å². The third kappa shape index (κ3) is 5.79. The van der Waals surface area contributed by atoms with Gasteiger partial charge < -0.3 is 9.29 Å². The first-order valence-corrected chi connectivity index (χ1v) is 10.4. The van der Waals surface area contributed by atoms with Crippen LogP contribution < -0.4 is 0 Å². The summed E-state index contributed by atoms with van der Waals surface area (Å²) in [6.07, 6.45) is 2.48. The number of halogens is 1. The second kappa shape index (κ2) is 9.00. The number of rotatable bonds is 9. The normalized spacial score (nSPS) is 15.4. The first-order chi connectivity index (χ1) is 9.90. The Balaban J connectivity index is 2.71. The molecule has 0 aliphatic heterocycles. The number of carboxylic acids is 1. The minimum absolute atomic E-state index is 0.456. The van der Waals surface area contributed by atoms with Crippen molar-refractivity contribution in [3.05, 3.63) is 35.4 Å². The van der Waals surface area contributed by atoms with Gasteiger partial charge in [-0.05, 0) is 44.6 Å². The topological polar surface area (TPSA) is 46.5 Å². The summed E-state index contributed by atoms with van der Waals surface area (Å²) in [4.78, 5) is 11.8. The number of aryl methyl sites for hydroxylation is 1. The zero-order chi connectivity index (χ0) is 15.9. The smallest absolute Gasteiger partial charge is 0.313 e. The van der Waals surface area contributed by atoms with Gasteiger partial charge in [0.2, 0.25) is 0 Å². The Kier molecular flexibility index (Phi) is 8.05. The van der Waals surface area contributed by atoms with Crippen LogP contribution in [0.3, 0.4) is 0 Å². The maximum Gasteiger partial charge on any atom is 0.313 e. The lowest BCUT2D eigenvalue weighted by atomic mass is 9.76. The summed E-state index contributed by atoms with van der Waals surface area (Å²) >= 11 is 2.10. The van der Waals surface area contributed by atoms with Crippen molar-refractivity contribution in [2.45, 2.75) is 45.4 Å². The van der Waals surface area contributed by atoms with Gasteiger partial charge in [0, 0.05) is 21.2 Å². The van der Waals surface area contributed by atoms with Gasteiger partial charge in [0.15, 0.2) is 0 Å². The van der Waals surface area contributed by atoms with E-state index < -0.39 is 11.4 Å². The molecule has 2 unspecified atom stereocenters. The first kappa shape index (κ1) is 18.8. The number of aliphatic carboxylic acids is 1. The van der Waals surface area contributed by atoms with E-state index in [4.69, 9.17) is 4.18 Å². The highest BCUT2D eigenvalue weighted by Gasteiger charge is 2.35. The lowest BCUT2D eigenvalue weighted by molar-refractivity contribution is -0.143. The van der Waals surface area contributed by atoms with Crippen molar-refractivity contribution in [2.24, 2.45) is 5.92 Å². The summed E-state index contributed by atoms with van der Waals surface area (Å²) in [6, 6.07) is 7.82. The number of hydrogen-bond acceptors (Lipinski definition) is 3. The summed E-state index contributed by atoms with van der Waals surface area (Å²) in [5, 5.41) is 9.67. The molecule has 1 rings (SSSR count). The van der Waals surface area contributed by atoms with E-state index in [-0.39, 0.29) is 0 Å². The number of hydrogen-bond donors (Lipinski definition) is 1. The Morgan fingerprint density at radius 1 is 1.48 bits per heavy atom. The van der Waals surface area contributed by atoms with E-state index >= 15 is 0 Å². The molecule has 0 bridgehead atoms. The molecule has 21 heavy (non-hydrogen) atoms. The molecule has 1 aromatic carbocycles. The molecule has 0 amide bonds. The predicted octanol–water partition coefficient (Wildman–Crippen LogP) is 5.16. The van der Waals surface area contributed by atoms with Crippen molar-refractivity contribution in [1.82, 2.24) is 0 Å². The van der Waals surface area contributed by atoms with Crippen molar-refractivity contribution in [3.63, 3.8) is 0 Å². The van der Waals surface area contributed by atoms with E-state index in [1.165, 1.54) is 9.21 Å². The first-order valence-electron chi connectivity index (χ1n) is 7.11. The Hall–Kier alpha value is -0.270. The van der Waals surface area contributed by atoms with Crippen LogP contribution in [-0.2, 0) is 14.4 Å². The molecule has 3 nitrogen and oxygen atoms in total. The Morgan fingerprint density at radius 3 is 2.76 bits per heavy atom. The van der Waals surface area contributed by atoms with E-state index in [1.54, 1.807) is 0 Å². The Labute approximate surface area is 143 Å². The van der Waals surface area contributed by atoms with Crippen LogP contribution in [0.25, 0.3) is 0 Å². The van der Waals surface area contributed by atoms with E-state index in [1.807, 2.05) is 38.1 Å². The van der Waals surface area contributed by atoms with Gasteiger partial charge in [0.25, 0.3) is 0 Å². The molecule has 1 aromatic rings. The molecule has 118 valence electrons. The molecule has 0 saturated carbocycles. The van der Waals surface area contributed by atoms with Gasteiger partial charge in [0.05, 0.1) is 21.2 Å². The molecule has 5 heteroatoms. The van der Waals surface area contributed by atoms with E-state index in [0.717, 1.165) is 24.0 Å². The Bertz CT molecular complexity index is 467. The monoisotopic (exact) mass is 422 g/mol. The molecule has 0 fully saturated rings. The summed E-state index contributed by atoms with van der Waals surface area (Å²) < 4.78 is 5.27. The molecule has 0 aromatic heterocycles. The minimum Gasteiger partial charge on any atom is -0.481 e. The van der Waals surface area contributed by atoms with E-state index in [2.05, 4.69) is 28.1 Å². The highest BCUT2D eigenvalue weighted by molar-refractivity contribution is 14.2. The van der Waals surface area contributed by atoms with Gasteiger partial charge in [-0.1, -0.05) is 36.8 Å². The van der Waals surface area contributed by atoms with Gasteiger partial charge in [-0.15, -0.1) is 0 Å². The largest absolute Gasteiger partial charge is 0.481 e. The quantitative estimate of drug-likeness (QED) is 0.339. The second-order valence-electron chi connectivity index (χ2n) is 5.82. The molecular weight excluding hydrogens is 399 g/mol. The highest BCUT2D eigenvalue weighted by Crippen LogP contribution is 2.32. The number of benzene rings is 1. The van der Waals surface area contributed by atoms with Crippen LogP contribution >= 0.6 is 30.4 Å². The number of carbonyl (C=O) groups is 1. The third-order valence-corrected chi connectivity index (χ3v) is 5.02. The molecular formula is C16H23IO3S. The lowest BCUT2D eigenvalue weighted by Crippen LogP contribution is -2.33. The standard InChI is InChI=1S/C16H23IO3S/c1-12(8-10-20-21-17)7-9-16(3,15(18)19)14-6-4-5-13(2)11-14/h4-6,11-12H,7-10H2,1-3H3,(H,18,19). The predicted molar refractivity (Wildman–Crippen MR) is 96.7 cm³/mol. The Morgan fingerprint density at radius 2 is 2.19 bits per heavy atom. The maximum absolute atomic E-state index is 11.8. The molecule has 0 aliphatic rings. The molecule has 0 spiro atoms. The fourth-order valence-electron chi connectivity index (χ4n) is 2.32. The summed E-state index contributed by atoms with van der Waals surface area (Å²) in [7, 11) is 1.35. The van der Waals surface area contributed by atoms with Crippen molar-refractivity contribution in [1.29, 1.82) is 0 Å². The van der Waals surface area contributed by atoms with Crippen molar-refractivity contribution in [3.8, 4) is 0 Å². The van der Waals surface area contributed by atoms with Crippen molar-refractivity contribution >= 4 is 36.4 Å². The van der Waals surface area contributed by atoms with Crippen molar-refractivity contribution < 1.29 is 14.1 Å².